The second kappa shape index (κ2) is 10.8. The lowest BCUT2D eigenvalue weighted by Crippen LogP contribution is -2.27. The molecule has 0 bridgehead atoms. The van der Waals surface area contributed by atoms with Gasteiger partial charge < -0.3 is 23.5 Å². The molecule has 0 atom stereocenters. The van der Waals surface area contributed by atoms with E-state index in [-0.39, 0.29) is 5.43 Å². The molecule has 4 rings (SSSR count). The van der Waals surface area contributed by atoms with Gasteiger partial charge in [0.05, 0.1) is 25.2 Å². The summed E-state index contributed by atoms with van der Waals surface area (Å²) in [5.74, 6) is 1.41. The minimum absolute atomic E-state index is 0.111. The molecule has 7 nitrogen and oxygen atoms in total. The zero-order valence-electron chi connectivity index (χ0n) is 20.7. The average Bonchev–Trinajstić information content (AvgIpc) is 3.28. The van der Waals surface area contributed by atoms with Gasteiger partial charge in [0.15, 0.2) is 16.9 Å². The van der Waals surface area contributed by atoms with E-state index in [2.05, 4.69) is 18.7 Å². The van der Waals surface area contributed by atoms with Crippen LogP contribution in [0.25, 0.3) is 22.6 Å². The summed E-state index contributed by atoms with van der Waals surface area (Å²) in [6.45, 7) is 6.92. The predicted molar refractivity (Wildman–Crippen MR) is 136 cm³/mol. The molecule has 0 saturated carbocycles. The fourth-order valence-electron chi connectivity index (χ4n) is 4.46. The number of hydrogen-bond acceptors (Lipinski definition) is 7. The molecule has 1 heterocycles. The van der Waals surface area contributed by atoms with E-state index in [0.717, 1.165) is 24.2 Å². The van der Waals surface area contributed by atoms with Gasteiger partial charge in [-0.15, -0.1) is 0 Å². The van der Waals surface area contributed by atoms with E-state index in [9.17, 15) is 9.59 Å². The maximum atomic E-state index is 13.3. The van der Waals surface area contributed by atoms with Gasteiger partial charge in [-0.1, -0.05) is 26.0 Å². The summed E-state index contributed by atoms with van der Waals surface area (Å²) in [6.07, 6.45) is 3.22. The zero-order valence-corrected chi connectivity index (χ0v) is 20.7. The van der Waals surface area contributed by atoms with Gasteiger partial charge in [-0.25, -0.2) is 4.79 Å². The number of rotatable bonds is 9. The standard InChI is InChI=1S/C28H31NO6/c1-5-29(6-2)14-15-34-28(31)20-11-13-23-22(17-20)25(30)21-12-10-19(26(21)35-23)16-18-8-7-9-24(32-3)27(18)33-4/h7-9,11,13,16-17H,5-6,10,12,14-15H2,1-4H3. The first-order valence-corrected chi connectivity index (χ1v) is 11.9. The highest BCUT2D eigenvalue weighted by Gasteiger charge is 2.25. The number of carbonyl (C=O) groups is 1. The zero-order chi connectivity index (χ0) is 24.9. The molecule has 0 unspecified atom stereocenters. The van der Waals surface area contributed by atoms with Crippen molar-refractivity contribution in [2.24, 2.45) is 0 Å². The summed E-state index contributed by atoms with van der Waals surface area (Å²) in [6, 6.07) is 10.5. The maximum absolute atomic E-state index is 13.3. The van der Waals surface area contributed by atoms with Gasteiger partial charge in [0, 0.05) is 17.7 Å². The monoisotopic (exact) mass is 477 g/mol. The number of carbonyl (C=O) groups excluding carboxylic acids is 1. The van der Waals surface area contributed by atoms with E-state index in [0.29, 0.717) is 65.3 Å². The Kier molecular flexibility index (Phi) is 7.56. The molecule has 35 heavy (non-hydrogen) atoms. The van der Waals surface area contributed by atoms with E-state index in [1.807, 2.05) is 24.3 Å². The van der Waals surface area contributed by atoms with Crippen LogP contribution in [0.2, 0.25) is 0 Å². The first kappa shape index (κ1) is 24.5. The number of methoxy groups -OCH3 is 2. The largest absolute Gasteiger partial charge is 0.493 e. The minimum atomic E-state index is -0.440. The highest BCUT2D eigenvalue weighted by Crippen LogP contribution is 2.38. The molecule has 0 spiro atoms. The van der Waals surface area contributed by atoms with E-state index >= 15 is 0 Å². The van der Waals surface area contributed by atoms with Gasteiger partial charge in [-0.05, 0) is 61.8 Å². The summed E-state index contributed by atoms with van der Waals surface area (Å²) in [5, 5.41) is 0.391. The third kappa shape index (κ3) is 4.95. The van der Waals surface area contributed by atoms with Gasteiger partial charge in [-0.3, -0.25) is 4.79 Å². The van der Waals surface area contributed by atoms with Gasteiger partial charge in [0.2, 0.25) is 0 Å². The van der Waals surface area contributed by atoms with Gasteiger partial charge in [-0.2, -0.15) is 0 Å². The third-order valence-corrected chi connectivity index (χ3v) is 6.45. The van der Waals surface area contributed by atoms with Crippen LogP contribution in [0.15, 0.2) is 45.6 Å². The molecule has 2 aromatic carbocycles. The number of nitrogens with zero attached hydrogens (tertiary/aromatic N) is 1. The summed E-state index contributed by atoms with van der Waals surface area (Å²) in [4.78, 5) is 28.0. The van der Waals surface area contributed by atoms with E-state index in [1.165, 1.54) is 0 Å². The van der Waals surface area contributed by atoms with Crippen molar-refractivity contribution in [2.45, 2.75) is 26.7 Å². The maximum Gasteiger partial charge on any atom is 0.338 e. The quantitative estimate of drug-likeness (QED) is 0.410. The van der Waals surface area contributed by atoms with Gasteiger partial charge in [0.25, 0.3) is 0 Å². The van der Waals surface area contributed by atoms with Crippen molar-refractivity contribution < 1.29 is 23.4 Å². The van der Waals surface area contributed by atoms with Gasteiger partial charge in [0.1, 0.15) is 18.0 Å². The molecule has 0 aliphatic heterocycles. The highest BCUT2D eigenvalue weighted by molar-refractivity contribution is 5.95. The number of ether oxygens (including phenoxy) is 3. The lowest BCUT2D eigenvalue weighted by molar-refractivity contribution is 0.0466. The molecule has 3 aromatic rings. The molecule has 7 heteroatoms. The van der Waals surface area contributed by atoms with Crippen molar-refractivity contribution >= 4 is 28.6 Å². The molecular weight excluding hydrogens is 446 g/mol. The number of esters is 1. The lowest BCUT2D eigenvalue weighted by Gasteiger charge is -2.17. The van der Waals surface area contributed by atoms with Crippen LogP contribution in [0.4, 0.5) is 0 Å². The second-order valence-electron chi connectivity index (χ2n) is 8.36. The van der Waals surface area contributed by atoms with Crippen LogP contribution < -0.4 is 14.9 Å². The molecule has 1 aliphatic rings. The fraction of sp³-hybridized carbons (Fsp3) is 0.357. The average molecular weight is 478 g/mol. The number of fused-ring (bicyclic) bond motifs is 2. The van der Waals surface area contributed by atoms with E-state index in [4.69, 9.17) is 18.6 Å². The lowest BCUT2D eigenvalue weighted by atomic mass is 10.1. The Balaban J connectivity index is 1.63. The predicted octanol–water partition coefficient (Wildman–Crippen LogP) is 4.80. The smallest absolute Gasteiger partial charge is 0.338 e. The number of hydrogen-bond donors (Lipinski definition) is 0. The molecule has 0 radical (unpaired) electrons. The van der Waals surface area contributed by atoms with Crippen molar-refractivity contribution in [3.8, 4) is 11.5 Å². The highest BCUT2D eigenvalue weighted by atomic mass is 16.5. The van der Waals surface area contributed by atoms with Crippen LogP contribution in [0.3, 0.4) is 0 Å². The number of allylic oxidation sites excluding steroid dienone is 1. The molecule has 1 aromatic heterocycles. The molecule has 184 valence electrons. The van der Waals surface area contributed by atoms with Crippen LogP contribution in [0, 0.1) is 0 Å². The number of para-hydroxylation sites is 1. The van der Waals surface area contributed by atoms with Crippen LogP contribution in [0.5, 0.6) is 11.5 Å². The van der Waals surface area contributed by atoms with Crippen molar-refractivity contribution in [2.75, 3.05) is 40.5 Å². The molecule has 0 saturated heterocycles. The van der Waals surface area contributed by atoms with E-state index in [1.54, 1.807) is 32.4 Å². The Morgan fingerprint density at radius 3 is 2.60 bits per heavy atom. The molecule has 1 aliphatic carbocycles. The Morgan fingerprint density at radius 1 is 1.09 bits per heavy atom. The van der Waals surface area contributed by atoms with Gasteiger partial charge >= 0.3 is 5.97 Å². The first-order valence-electron chi connectivity index (χ1n) is 11.9. The summed E-state index contributed by atoms with van der Waals surface area (Å²) in [5.41, 5.74) is 3.07. The Bertz CT molecular complexity index is 1320. The summed E-state index contributed by atoms with van der Waals surface area (Å²) >= 11 is 0. The molecular formula is C28H31NO6. The number of likely N-dealkylation sites (N-methyl/N-ethyl adjacent to an activating group) is 1. The molecule has 0 amide bonds. The first-order chi connectivity index (χ1) is 17.0. The number of benzene rings is 2. The fourth-order valence-corrected chi connectivity index (χ4v) is 4.46. The van der Waals surface area contributed by atoms with Crippen molar-refractivity contribution in [1.29, 1.82) is 0 Å². The Hall–Kier alpha value is -3.58. The Morgan fingerprint density at radius 2 is 1.89 bits per heavy atom. The molecule has 0 fully saturated rings. The van der Waals surface area contributed by atoms with Crippen molar-refractivity contribution in [1.82, 2.24) is 4.90 Å². The summed E-state index contributed by atoms with van der Waals surface area (Å²) in [7, 11) is 3.20. The normalized spacial score (nSPS) is 13.9. The second-order valence-corrected chi connectivity index (χ2v) is 8.36. The van der Waals surface area contributed by atoms with Crippen LogP contribution in [-0.2, 0) is 11.2 Å². The Labute approximate surface area is 204 Å². The minimum Gasteiger partial charge on any atom is -0.493 e. The van der Waals surface area contributed by atoms with Crippen molar-refractivity contribution in [3.63, 3.8) is 0 Å². The third-order valence-electron chi connectivity index (χ3n) is 6.45. The van der Waals surface area contributed by atoms with Crippen LogP contribution in [0.1, 0.15) is 47.5 Å². The topological polar surface area (TPSA) is 78.2 Å². The molecule has 0 N–H and O–H groups in total. The van der Waals surface area contributed by atoms with Crippen molar-refractivity contribution in [3.05, 3.63) is 69.1 Å². The van der Waals surface area contributed by atoms with E-state index < -0.39 is 5.97 Å². The SMILES string of the molecule is CCN(CC)CCOC(=O)c1ccc2oc3c(c(=O)c2c1)CCC3=Cc1cccc(OC)c1OC. The van der Waals surface area contributed by atoms with Crippen LogP contribution in [-0.4, -0.2) is 51.3 Å². The summed E-state index contributed by atoms with van der Waals surface area (Å²) < 4.78 is 22.5. The van der Waals surface area contributed by atoms with Crippen LogP contribution >= 0.6 is 0 Å².